The molecule has 0 radical (unpaired) electrons. The minimum Gasteiger partial charge on any atom is -0.403 e. The van der Waals surface area contributed by atoms with Crippen LogP contribution in [0.4, 0.5) is 6.01 Å². The average Bonchev–Trinajstić information content (AvgIpc) is 3.02. The number of carbonyl (C=O) groups is 1. The molecule has 6 heteroatoms. The van der Waals surface area contributed by atoms with Crippen LogP contribution < -0.4 is 5.32 Å². The number of hydrogen-bond acceptors (Lipinski definition) is 5. The van der Waals surface area contributed by atoms with Crippen LogP contribution in [0.25, 0.3) is 11.5 Å². The normalized spacial score (nSPS) is 11.0. The van der Waals surface area contributed by atoms with Crippen LogP contribution in [0.15, 0.2) is 51.8 Å². The Balaban J connectivity index is 1.71. The smallest absolute Gasteiger partial charge is 0.322 e. The Bertz CT molecular complexity index is 897. The molecule has 0 aliphatic heterocycles. The molecule has 134 valence electrons. The van der Waals surface area contributed by atoms with Gasteiger partial charge in [-0.05, 0) is 50.2 Å². The zero-order valence-corrected chi connectivity index (χ0v) is 16.1. The van der Waals surface area contributed by atoms with Crippen molar-refractivity contribution < 1.29 is 9.21 Å². The van der Waals surface area contributed by atoms with Gasteiger partial charge in [0.25, 0.3) is 5.91 Å². The van der Waals surface area contributed by atoms with Crippen molar-refractivity contribution in [2.75, 3.05) is 5.32 Å². The summed E-state index contributed by atoms with van der Waals surface area (Å²) < 4.78 is 5.59. The van der Waals surface area contributed by atoms with Crippen molar-refractivity contribution in [2.24, 2.45) is 0 Å². The monoisotopic (exact) mass is 367 g/mol. The van der Waals surface area contributed by atoms with E-state index < -0.39 is 0 Å². The molecule has 0 atom stereocenters. The Morgan fingerprint density at radius 1 is 1.04 bits per heavy atom. The maximum absolute atomic E-state index is 12.4. The lowest BCUT2D eigenvalue weighted by atomic mass is 10.1. The summed E-state index contributed by atoms with van der Waals surface area (Å²) in [6.07, 6.45) is 0. The number of hydrogen-bond donors (Lipinski definition) is 1. The Morgan fingerprint density at radius 2 is 1.69 bits per heavy atom. The Kier molecular flexibility index (Phi) is 5.42. The van der Waals surface area contributed by atoms with Gasteiger partial charge in [-0.1, -0.05) is 36.1 Å². The molecule has 5 nitrogen and oxygen atoms in total. The molecule has 1 amide bonds. The number of nitrogens with zero attached hydrogens (tertiary/aromatic N) is 2. The number of anilines is 1. The fraction of sp³-hybridized carbons (Fsp3) is 0.250. The fourth-order valence-corrected chi connectivity index (χ4v) is 3.45. The third-order valence-corrected chi connectivity index (χ3v) is 4.62. The predicted molar refractivity (Wildman–Crippen MR) is 105 cm³/mol. The van der Waals surface area contributed by atoms with Gasteiger partial charge in [-0.3, -0.25) is 10.1 Å². The zero-order valence-electron chi connectivity index (χ0n) is 15.2. The van der Waals surface area contributed by atoms with E-state index in [1.807, 2.05) is 38.1 Å². The first-order valence-corrected chi connectivity index (χ1v) is 9.29. The van der Waals surface area contributed by atoms with Crippen molar-refractivity contribution in [3.8, 4) is 11.5 Å². The molecule has 26 heavy (non-hydrogen) atoms. The number of nitrogens with one attached hydrogen (secondary N) is 1. The van der Waals surface area contributed by atoms with Crippen molar-refractivity contribution in [3.63, 3.8) is 0 Å². The molecule has 2 aromatic carbocycles. The van der Waals surface area contributed by atoms with Crippen LogP contribution in [0.1, 0.15) is 35.3 Å². The Hall–Kier alpha value is -2.60. The van der Waals surface area contributed by atoms with Crippen LogP contribution in [0, 0.1) is 13.8 Å². The van der Waals surface area contributed by atoms with Crippen molar-refractivity contribution in [3.05, 3.63) is 59.2 Å². The second-order valence-corrected chi connectivity index (χ2v) is 8.08. The van der Waals surface area contributed by atoms with E-state index in [2.05, 4.69) is 35.4 Å². The van der Waals surface area contributed by atoms with Crippen molar-refractivity contribution in [1.82, 2.24) is 10.2 Å². The molecule has 0 aliphatic rings. The van der Waals surface area contributed by atoms with Gasteiger partial charge in [-0.2, -0.15) is 0 Å². The molecular formula is C20H21N3O2S. The lowest BCUT2D eigenvalue weighted by molar-refractivity contribution is 0.102. The highest BCUT2D eigenvalue weighted by Crippen LogP contribution is 2.24. The van der Waals surface area contributed by atoms with Crippen molar-refractivity contribution in [1.29, 1.82) is 0 Å². The van der Waals surface area contributed by atoms with Crippen LogP contribution in [0.2, 0.25) is 0 Å². The van der Waals surface area contributed by atoms with Crippen molar-refractivity contribution in [2.45, 2.75) is 37.8 Å². The van der Waals surface area contributed by atoms with Crippen LogP contribution >= 0.6 is 11.8 Å². The second-order valence-electron chi connectivity index (χ2n) is 6.43. The maximum Gasteiger partial charge on any atom is 0.322 e. The van der Waals surface area contributed by atoms with Crippen LogP contribution in [0.5, 0.6) is 0 Å². The van der Waals surface area contributed by atoms with Gasteiger partial charge >= 0.3 is 6.01 Å². The number of benzene rings is 2. The summed E-state index contributed by atoms with van der Waals surface area (Å²) in [6.45, 7) is 8.29. The fourth-order valence-electron chi connectivity index (χ4n) is 2.61. The van der Waals surface area contributed by atoms with Gasteiger partial charge in [-0.25, -0.2) is 0 Å². The van der Waals surface area contributed by atoms with Crippen LogP contribution in [-0.2, 0) is 0 Å². The van der Waals surface area contributed by atoms with Crippen molar-refractivity contribution >= 4 is 23.7 Å². The standard InChI is InChI=1S/C20H21N3O2S/c1-12(2)26-17-7-5-15(6-8-17)18(24)21-20-23-22-19(25-20)16-10-13(3)9-14(4)11-16/h5-12H,1-4H3,(H,21,23,24). The number of aromatic nitrogens is 2. The summed E-state index contributed by atoms with van der Waals surface area (Å²) in [5, 5.41) is 11.1. The van der Waals surface area contributed by atoms with E-state index in [1.165, 1.54) is 0 Å². The number of thioether (sulfide) groups is 1. The molecular weight excluding hydrogens is 346 g/mol. The van der Waals surface area contributed by atoms with Gasteiger partial charge in [0.15, 0.2) is 0 Å². The molecule has 0 saturated carbocycles. The molecule has 1 heterocycles. The number of aryl methyl sites for hydroxylation is 2. The minimum atomic E-state index is -0.276. The van der Waals surface area contributed by atoms with E-state index in [9.17, 15) is 4.79 Å². The molecule has 0 aliphatic carbocycles. The summed E-state index contributed by atoms with van der Waals surface area (Å²) >= 11 is 1.75. The molecule has 1 aromatic heterocycles. The highest BCUT2D eigenvalue weighted by molar-refractivity contribution is 7.99. The van der Waals surface area contributed by atoms with Gasteiger partial charge in [-0.15, -0.1) is 16.9 Å². The molecule has 3 aromatic rings. The van der Waals surface area contributed by atoms with Crippen LogP contribution in [-0.4, -0.2) is 21.4 Å². The summed E-state index contributed by atoms with van der Waals surface area (Å²) in [6, 6.07) is 13.6. The Labute approximate surface area is 157 Å². The first-order valence-electron chi connectivity index (χ1n) is 8.41. The number of rotatable bonds is 5. The van der Waals surface area contributed by atoms with Gasteiger partial charge in [0.2, 0.25) is 5.89 Å². The molecule has 3 rings (SSSR count). The topological polar surface area (TPSA) is 68.0 Å². The second kappa shape index (κ2) is 7.74. The lowest BCUT2D eigenvalue weighted by Gasteiger charge is -2.05. The van der Waals surface area contributed by atoms with Gasteiger partial charge < -0.3 is 4.42 Å². The molecule has 0 fully saturated rings. The first-order chi connectivity index (χ1) is 12.4. The molecule has 0 unspecified atom stereocenters. The summed E-state index contributed by atoms with van der Waals surface area (Å²) in [4.78, 5) is 13.5. The third-order valence-electron chi connectivity index (χ3n) is 3.60. The maximum atomic E-state index is 12.4. The average molecular weight is 367 g/mol. The molecule has 0 saturated heterocycles. The minimum absolute atomic E-state index is 0.0878. The van der Waals surface area contributed by atoms with E-state index in [4.69, 9.17) is 4.42 Å². The van der Waals surface area contributed by atoms with Crippen LogP contribution in [0.3, 0.4) is 0 Å². The van der Waals surface area contributed by atoms with E-state index in [0.29, 0.717) is 16.7 Å². The highest BCUT2D eigenvalue weighted by atomic mass is 32.2. The Morgan fingerprint density at radius 3 is 2.31 bits per heavy atom. The SMILES string of the molecule is Cc1cc(C)cc(-c2nnc(NC(=O)c3ccc(SC(C)C)cc3)o2)c1. The quantitative estimate of drug-likeness (QED) is 0.635. The van der Waals surface area contributed by atoms with E-state index in [1.54, 1.807) is 23.9 Å². The molecule has 0 spiro atoms. The predicted octanol–water partition coefficient (Wildman–Crippen LogP) is 5.11. The third kappa shape index (κ3) is 4.52. The highest BCUT2D eigenvalue weighted by Gasteiger charge is 2.13. The zero-order chi connectivity index (χ0) is 18.7. The van der Waals surface area contributed by atoms with Gasteiger partial charge in [0.1, 0.15) is 0 Å². The molecule has 0 bridgehead atoms. The number of carbonyl (C=O) groups excluding carboxylic acids is 1. The van der Waals surface area contributed by atoms with E-state index in [0.717, 1.165) is 21.6 Å². The number of amides is 1. The summed E-state index contributed by atoms with van der Waals surface area (Å²) in [5.74, 6) is 0.109. The lowest BCUT2D eigenvalue weighted by Crippen LogP contribution is -2.11. The van der Waals surface area contributed by atoms with E-state index in [-0.39, 0.29) is 11.9 Å². The van der Waals surface area contributed by atoms with Gasteiger partial charge in [0.05, 0.1) is 0 Å². The van der Waals surface area contributed by atoms with Gasteiger partial charge in [0, 0.05) is 21.3 Å². The largest absolute Gasteiger partial charge is 0.403 e. The molecule has 1 N–H and O–H groups in total. The first kappa shape index (κ1) is 18.2. The summed E-state index contributed by atoms with van der Waals surface area (Å²) in [7, 11) is 0. The summed E-state index contributed by atoms with van der Waals surface area (Å²) in [5.41, 5.74) is 3.61. The van der Waals surface area contributed by atoms with E-state index >= 15 is 0 Å².